The lowest BCUT2D eigenvalue weighted by molar-refractivity contribution is -0.128. The topological polar surface area (TPSA) is 70.7 Å². The first-order valence-electron chi connectivity index (χ1n) is 8.62. The highest BCUT2D eigenvalue weighted by Gasteiger charge is 2.39. The molecular formula is C17H18ClF4N3O3. The standard InChI is InChI=1S/C17H18ClF4N3O3/c18-10-5-8(1-2-11(10)19)13(24-16(26)12-6-23-17(27)28-12)9-3-4-25(7-9)15(22)14(20)21/h1-2,5,9,12-15H,3-4,6-7H2,(H,23,27)(H,24,26)/t9?,12?,13-,15?/m1/s1. The van der Waals surface area contributed by atoms with E-state index < -0.39 is 48.6 Å². The predicted molar refractivity (Wildman–Crippen MR) is 91.1 cm³/mol. The molecule has 2 amide bonds. The Hall–Kier alpha value is -2.07. The number of nitrogens with zero attached hydrogens (tertiary/aromatic N) is 1. The summed E-state index contributed by atoms with van der Waals surface area (Å²) in [4.78, 5) is 24.6. The molecular weight excluding hydrogens is 406 g/mol. The highest BCUT2D eigenvalue weighted by atomic mass is 35.5. The zero-order valence-electron chi connectivity index (χ0n) is 14.5. The maximum absolute atomic E-state index is 13.7. The fourth-order valence-electron chi connectivity index (χ4n) is 3.43. The van der Waals surface area contributed by atoms with Crippen LogP contribution in [0.4, 0.5) is 22.4 Å². The van der Waals surface area contributed by atoms with Crippen LogP contribution < -0.4 is 10.6 Å². The fraction of sp³-hybridized carbons (Fsp3) is 0.529. The average Bonchev–Trinajstić information content (AvgIpc) is 3.30. The molecule has 2 aliphatic heterocycles. The third-order valence-corrected chi connectivity index (χ3v) is 5.15. The first-order valence-corrected chi connectivity index (χ1v) is 9.00. The number of alkyl halides is 3. The molecule has 1 aromatic carbocycles. The zero-order chi connectivity index (χ0) is 20.4. The number of halogens is 5. The van der Waals surface area contributed by atoms with Crippen LogP contribution in [-0.4, -0.2) is 55.4 Å². The van der Waals surface area contributed by atoms with Gasteiger partial charge in [0, 0.05) is 13.1 Å². The van der Waals surface area contributed by atoms with Crippen molar-refractivity contribution in [2.24, 2.45) is 5.92 Å². The molecule has 0 bridgehead atoms. The van der Waals surface area contributed by atoms with Crippen LogP contribution in [0.15, 0.2) is 18.2 Å². The molecule has 154 valence electrons. The molecule has 2 fully saturated rings. The molecule has 0 radical (unpaired) electrons. The molecule has 0 aliphatic carbocycles. The molecule has 2 N–H and O–H groups in total. The minimum absolute atomic E-state index is 0.0176. The van der Waals surface area contributed by atoms with Gasteiger partial charge in [-0.2, -0.15) is 0 Å². The van der Waals surface area contributed by atoms with E-state index in [1.54, 1.807) is 0 Å². The summed E-state index contributed by atoms with van der Waals surface area (Å²) in [6.07, 6.45) is -7.01. The van der Waals surface area contributed by atoms with Gasteiger partial charge >= 0.3 is 6.09 Å². The van der Waals surface area contributed by atoms with Crippen LogP contribution in [0.1, 0.15) is 18.0 Å². The van der Waals surface area contributed by atoms with Crippen molar-refractivity contribution in [3.8, 4) is 0 Å². The number of carbonyl (C=O) groups is 2. The largest absolute Gasteiger partial charge is 0.434 e. The van der Waals surface area contributed by atoms with Gasteiger partial charge in [0.2, 0.25) is 6.30 Å². The number of nitrogens with one attached hydrogen (secondary N) is 2. The number of likely N-dealkylation sites (tertiary alicyclic amines) is 1. The van der Waals surface area contributed by atoms with Crippen LogP contribution in [0.3, 0.4) is 0 Å². The van der Waals surface area contributed by atoms with Crippen molar-refractivity contribution >= 4 is 23.6 Å². The van der Waals surface area contributed by atoms with Gasteiger partial charge in [0.25, 0.3) is 12.3 Å². The third-order valence-electron chi connectivity index (χ3n) is 4.86. The molecule has 28 heavy (non-hydrogen) atoms. The van der Waals surface area contributed by atoms with Gasteiger partial charge in [-0.05, 0) is 30.0 Å². The number of carbonyl (C=O) groups excluding carboxylic acids is 2. The van der Waals surface area contributed by atoms with Crippen LogP contribution >= 0.6 is 11.6 Å². The summed E-state index contributed by atoms with van der Waals surface area (Å²) >= 11 is 5.83. The molecule has 3 unspecified atom stereocenters. The summed E-state index contributed by atoms with van der Waals surface area (Å²) in [7, 11) is 0. The first kappa shape index (κ1) is 20.7. The lowest BCUT2D eigenvalue weighted by Crippen LogP contribution is -2.42. The molecule has 11 heteroatoms. The number of amides is 2. The summed E-state index contributed by atoms with van der Waals surface area (Å²) < 4.78 is 57.4. The van der Waals surface area contributed by atoms with Gasteiger partial charge in [-0.15, -0.1) is 0 Å². The van der Waals surface area contributed by atoms with Crippen LogP contribution in [-0.2, 0) is 9.53 Å². The number of rotatable bonds is 6. The molecule has 3 rings (SSSR count). The van der Waals surface area contributed by atoms with Crippen molar-refractivity contribution in [2.45, 2.75) is 31.3 Å². The van der Waals surface area contributed by atoms with Gasteiger partial charge < -0.3 is 15.4 Å². The van der Waals surface area contributed by atoms with E-state index in [1.165, 1.54) is 12.1 Å². The third kappa shape index (κ3) is 4.49. The van der Waals surface area contributed by atoms with Crippen LogP contribution in [0.2, 0.25) is 5.02 Å². The number of alkyl carbamates (subject to hydrolysis) is 1. The van der Waals surface area contributed by atoms with Crippen molar-refractivity contribution in [2.75, 3.05) is 19.6 Å². The van der Waals surface area contributed by atoms with Gasteiger partial charge in [0.15, 0.2) is 6.10 Å². The first-order chi connectivity index (χ1) is 13.3. The van der Waals surface area contributed by atoms with E-state index in [2.05, 4.69) is 10.6 Å². The molecule has 1 aromatic rings. The van der Waals surface area contributed by atoms with E-state index in [0.717, 1.165) is 11.0 Å². The zero-order valence-corrected chi connectivity index (χ0v) is 15.3. The van der Waals surface area contributed by atoms with Crippen LogP contribution in [0.25, 0.3) is 0 Å². The van der Waals surface area contributed by atoms with E-state index in [-0.39, 0.29) is 24.7 Å². The second-order valence-electron chi connectivity index (χ2n) is 6.69. The predicted octanol–water partition coefficient (Wildman–Crippen LogP) is 2.63. The summed E-state index contributed by atoms with van der Waals surface area (Å²) in [6, 6.07) is 3.11. The van der Waals surface area contributed by atoms with Crippen molar-refractivity contribution in [1.29, 1.82) is 0 Å². The highest BCUT2D eigenvalue weighted by molar-refractivity contribution is 6.30. The van der Waals surface area contributed by atoms with Crippen molar-refractivity contribution in [1.82, 2.24) is 15.5 Å². The maximum atomic E-state index is 13.7. The Morgan fingerprint density at radius 3 is 2.71 bits per heavy atom. The summed E-state index contributed by atoms with van der Waals surface area (Å²) in [6.45, 7) is 0.0296. The number of ether oxygens (including phenoxy) is 1. The number of benzene rings is 1. The summed E-state index contributed by atoms with van der Waals surface area (Å²) in [5.41, 5.74) is 0.441. The SMILES string of the molecule is O=C1NCC(C(=O)N[C@H](c2ccc(F)c(Cl)c2)C2CCN(C(F)C(F)F)C2)O1. The monoisotopic (exact) mass is 423 g/mol. The van der Waals surface area contributed by atoms with Gasteiger partial charge in [-0.25, -0.2) is 22.4 Å². The number of hydrogen-bond acceptors (Lipinski definition) is 4. The quantitative estimate of drug-likeness (QED) is 0.545. The Labute approximate surface area is 163 Å². The molecule has 2 saturated heterocycles. The summed E-state index contributed by atoms with van der Waals surface area (Å²) in [5.74, 6) is -1.68. The second-order valence-corrected chi connectivity index (χ2v) is 7.09. The molecule has 0 spiro atoms. The molecule has 2 aliphatic rings. The fourth-order valence-corrected chi connectivity index (χ4v) is 3.62. The summed E-state index contributed by atoms with van der Waals surface area (Å²) in [5, 5.41) is 4.88. The van der Waals surface area contributed by atoms with Gasteiger partial charge in [0.05, 0.1) is 17.6 Å². The molecule has 6 nitrogen and oxygen atoms in total. The van der Waals surface area contributed by atoms with E-state index in [1.807, 2.05) is 0 Å². The van der Waals surface area contributed by atoms with Gasteiger partial charge in [-0.1, -0.05) is 17.7 Å². The van der Waals surface area contributed by atoms with Crippen LogP contribution in [0.5, 0.6) is 0 Å². The van der Waals surface area contributed by atoms with Crippen molar-refractivity contribution in [3.63, 3.8) is 0 Å². The molecule has 2 heterocycles. The van der Waals surface area contributed by atoms with Gasteiger partial charge in [-0.3, -0.25) is 9.69 Å². The highest BCUT2D eigenvalue weighted by Crippen LogP contribution is 2.34. The van der Waals surface area contributed by atoms with E-state index >= 15 is 0 Å². The average molecular weight is 424 g/mol. The van der Waals surface area contributed by atoms with E-state index in [9.17, 15) is 27.2 Å². The van der Waals surface area contributed by atoms with Crippen molar-refractivity contribution < 1.29 is 31.9 Å². The lowest BCUT2D eigenvalue weighted by Gasteiger charge is -2.27. The number of hydrogen-bond donors (Lipinski definition) is 2. The Bertz CT molecular complexity index is 754. The Balaban J connectivity index is 1.79. The Morgan fingerprint density at radius 1 is 1.36 bits per heavy atom. The maximum Gasteiger partial charge on any atom is 0.408 e. The van der Waals surface area contributed by atoms with Crippen LogP contribution in [0, 0.1) is 11.7 Å². The minimum atomic E-state index is -3.14. The van der Waals surface area contributed by atoms with E-state index in [4.69, 9.17) is 16.3 Å². The van der Waals surface area contributed by atoms with E-state index in [0.29, 0.717) is 12.0 Å². The Morgan fingerprint density at radius 2 is 2.11 bits per heavy atom. The lowest BCUT2D eigenvalue weighted by atomic mass is 9.92. The number of cyclic esters (lactones) is 1. The molecule has 4 atom stereocenters. The minimum Gasteiger partial charge on any atom is -0.434 e. The molecule has 0 saturated carbocycles. The normalized spacial score (nSPS) is 24.7. The Kier molecular flexibility index (Phi) is 6.29. The smallest absolute Gasteiger partial charge is 0.408 e. The van der Waals surface area contributed by atoms with Crippen molar-refractivity contribution in [3.05, 3.63) is 34.6 Å². The molecule has 0 aromatic heterocycles. The van der Waals surface area contributed by atoms with Gasteiger partial charge in [0.1, 0.15) is 5.82 Å². The second kappa shape index (κ2) is 8.52.